The van der Waals surface area contributed by atoms with E-state index in [2.05, 4.69) is 22.5 Å². The molecule has 0 aliphatic rings. The maximum atomic E-state index is 9.24. The van der Waals surface area contributed by atoms with Gasteiger partial charge in [-0.1, -0.05) is 22.5 Å². The fourth-order valence-electron chi connectivity index (χ4n) is 0.601. The van der Waals surface area contributed by atoms with Crippen LogP contribution in [0.25, 0.3) is 0 Å². The van der Waals surface area contributed by atoms with Crippen molar-refractivity contribution in [1.29, 1.82) is 0 Å². The summed E-state index contributed by atoms with van der Waals surface area (Å²) in [4.78, 5) is 3.49. The summed E-state index contributed by atoms with van der Waals surface area (Å²) >= 11 is 3.19. The summed E-state index contributed by atoms with van der Waals surface area (Å²) in [5, 5.41) is 9.24. The lowest BCUT2D eigenvalue weighted by Gasteiger charge is -2.24. The summed E-state index contributed by atoms with van der Waals surface area (Å²) in [6.45, 7) is 5.57. The van der Waals surface area contributed by atoms with Crippen molar-refractivity contribution in [1.82, 2.24) is 4.90 Å². The van der Waals surface area contributed by atoms with Crippen LogP contribution in [0, 0.1) is 0 Å². The number of hydrogen-bond donors (Lipinski definition) is 1. The third-order valence-electron chi connectivity index (χ3n) is 1.63. The molecule has 1 unspecified atom stereocenters. The van der Waals surface area contributed by atoms with Crippen molar-refractivity contribution in [2.75, 3.05) is 14.2 Å². The van der Waals surface area contributed by atoms with E-state index < -0.39 is 6.29 Å². The van der Waals surface area contributed by atoms with Gasteiger partial charge in [-0.3, -0.25) is 0 Å². The molecule has 0 saturated carbocycles. The molecule has 0 amide bonds. The minimum atomic E-state index is -0.947. The van der Waals surface area contributed by atoms with Crippen LogP contribution in [0.3, 0.4) is 0 Å². The third-order valence-corrected chi connectivity index (χ3v) is 2.29. The molecule has 0 fully saturated rings. The van der Waals surface area contributed by atoms with Gasteiger partial charge >= 0.3 is 0 Å². The van der Waals surface area contributed by atoms with Gasteiger partial charge in [-0.05, 0) is 6.92 Å². The molecule has 0 aliphatic carbocycles. The van der Waals surface area contributed by atoms with E-state index in [-0.39, 0.29) is 0 Å². The summed E-state index contributed by atoms with van der Waals surface area (Å²) in [5.41, 5.74) is 1.45. The summed E-state index contributed by atoms with van der Waals surface area (Å²) in [6.07, 6.45) is -0.947. The van der Waals surface area contributed by atoms with Gasteiger partial charge in [0.2, 0.25) is 0 Å². The molecule has 0 heterocycles. The second kappa shape index (κ2) is 5.35. The van der Waals surface area contributed by atoms with Gasteiger partial charge in [-0.2, -0.15) is 0 Å². The van der Waals surface area contributed by atoms with Gasteiger partial charge in [-0.25, -0.2) is 0 Å². The maximum absolute atomic E-state index is 9.24. The van der Waals surface area contributed by atoms with Crippen molar-refractivity contribution in [3.05, 3.63) is 23.0 Å². The second-order valence-electron chi connectivity index (χ2n) is 2.39. The molecule has 0 aromatic carbocycles. The van der Waals surface area contributed by atoms with Crippen LogP contribution < -0.4 is 0 Å². The van der Waals surface area contributed by atoms with Gasteiger partial charge in [0.25, 0.3) is 0 Å². The number of aliphatic hydroxyl groups excluding tert-OH is 1. The van der Waals surface area contributed by atoms with Crippen molar-refractivity contribution in [3.8, 4) is 0 Å². The molecule has 1 N–H and O–H groups in total. The van der Waals surface area contributed by atoms with Gasteiger partial charge in [0.15, 0.2) is 6.29 Å². The Balaban J connectivity index is 4.29. The SMILES string of the molecule is C=C(C(O)OC)N(C)/C(C)=C\Br. The number of allylic oxidation sites excluding steroid dienone is 1. The van der Waals surface area contributed by atoms with Crippen LogP contribution >= 0.6 is 15.9 Å². The smallest absolute Gasteiger partial charge is 0.195 e. The molecule has 0 aromatic heterocycles. The Morgan fingerprint density at radius 3 is 2.58 bits per heavy atom. The van der Waals surface area contributed by atoms with E-state index in [1.54, 1.807) is 16.9 Å². The topological polar surface area (TPSA) is 32.7 Å². The monoisotopic (exact) mass is 235 g/mol. The van der Waals surface area contributed by atoms with E-state index >= 15 is 0 Å². The van der Waals surface area contributed by atoms with Crippen molar-refractivity contribution in [2.24, 2.45) is 0 Å². The predicted molar refractivity (Wildman–Crippen MR) is 52.6 cm³/mol. The Morgan fingerprint density at radius 1 is 1.75 bits per heavy atom. The highest BCUT2D eigenvalue weighted by Crippen LogP contribution is 2.13. The highest BCUT2D eigenvalue weighted by molar-refractivity contribution is 9.11. The van der Waals surface area contributed by atoms with Gasteiger partial charge in [0.05, 0.1) is 5.70 Å². The number of aliphatic hydroxyl groups is 1. The molecule has 4 heteroatoms. The van der Waals surface area contributed by atoms with Crippen molar-refractivity contribution >= 4 is 15.9 Å². The molecule has 0 aromatic rings. The van der Waals surface area contributed by atoms with E-state index in [0.29, 0.717) is 5.70 Å². The van der Waals surface area contributed by atoms with Crippen LogP contribution in [0.4, 0.5) is 0 Å². The van der Waals surface area contributed by atoms with Crippen LogP contribution in [-0.2, 0) is 4.74 Å². The van der Waals surface area contributed by atoms with Crippen LogP contribution in [0.5, 0.6) is 0 Å². The summed E-state index contributed by atoms with van der Waals surface area (Å²) in [7, 11) is 3.23. The summed E-state index contributed by atoms with van der Waals surface area (Å²) < 4.78 is 4.70. The largest absolute Gasteiger partial charge is 0.363 e. The van der Waals surface area contributed by atoms with E-state index in [9.17, 15) is 5.11 Å². The Hall–Kier alpha value is -0.320. The van der Waals surface area contributed by atoms with E-state index in [0.717, 1.165) is 5.70 Å². The molecule has 12 heavy (non-hydrogen) atoms. The quantitative estimate of drug-likeness (QED) is 0.753. The fourth-order valence-corrected chi connectivity index (χ4v) is 0.909. The number of nitrogens with zero attached hydrogens (tertiary/aromatic N) is 1. The van der Waals surface area contributed by atoms with E-state index in [1.807, 2.05) is 6.92 Å². The molecule has 70 valence electrons. The molecule has 0 rings (SSSR count). The molecular weight excluding hydrogens is 222 g/mol. The standard InChI is InChI=1S/C8H14BrNO2/c1-6(5-9)10(3)7(2)8(11)12-4/h5,8,11H,2H2,1,3-4H3/b6-5-. The zero-order chi connectivity index (χ0) is 9.72. The highest BCUT2D eigenvalue weighted by Gasteiger charge is 2.12. The fraction of sp³-hybridized carbons (Fsp3) is 0.500. The lowest BCUT2D eigenvalue weighted by Crippen LogP contribution is -2.25. The zero-order valence-electron chi connectivity index (χ0n) is 7.54. The number of methoxy groups -OCH3 is 1. The summed E-state index contributed by atoms with van der Waals surface area (Å²) in [5.74, 6) is 0. The van der Waals surface area contributed by atoms with E-state index in [1.165, 1.54) is 7.11 Å². The van der Waals surface area contributed by atoms with Crippen LogP contribution in [-0.4, -0.2) is 30.5 Å². The number of ether oxygens (including phenoxy) is 1. The third kappa shape index (κ3) is 2.97. The molecular formula is C8H14BrNO2. The Kier molecular flexibility index (Phi) is 5.20. The lowest BCUT2D eigenvalue weighted by atomic mass is 10.4. The van der Waals surface area contributed by atoms with E-state index in [4.69, 9.17) is 4.74 Å². The first kappa shape index (κ1) is 11.7. The van der Waals surface area contributed by atoms with Crippen molar-refractivity contribution in [3.63, 3.8) is 0 Å². The number of halogens is 1. The number of hydrogen-bond acceptors (Lipinski definition) is 3. The van der Waals surface area contributed by atoms with Crippen LogP contribution in [0.15, 0.2) is 23.0 Å². The normalized spacial score (nSPS) is 14.2. The Morgan fingerprint density at radius 2 is 2.25 bits per heavy atom. The molecule has 1 atom stereocenters. The van der Waals surface area contributed by atoms with Crippen molar-refractivity contribution < 1.29 is 9.84 Å². The average molecular weight is 236 g/mol. The second-order valence-corrected chi connectivity index (χ2v) is 2.85. The first-order chi connectivity index (χ1) is 5.54. The van der Waals surface area contributed by atoms with Gasteiger partial charge in [0, 0.05) is 24.8 Å². The predicted octanol–water partition coefficient (Wildman–Crippen LogP) is 1.65. The van der Waals surface area contributed by atoms with Crippen LogP contribution in [0.1, 0.15) is 6.92 Å². The molecule has 0 aliphatic heterocycles. The zero-order valence-corrected chi connectivity index (χ0v) is 9.13. The Bertz CT molecular complexity index is 191. The summed E-state index contributed by atoms with van der Waals surface area (Å²) in [6, 6.07) is 0. The molecule has 3 nitrogen and oxygen atoms in total. The molecule has 0 bridgehead atoms. The van der Waals surface area contributed by atoms with Crippen LogP contribution in [0.2, 0.25) is 0 Å². The van der Waals surface area contributed by atoms with Gasteiger partial charge in [-0.15, -0.1) is 0 Å². The maximum Gasteiger partial charge on any atom is 0.195 e. The minimum Gasteiger partial charge on any atom is -0.363 e. The van der Waals surface area contributed by atoms with Gasteiger partial charge < -0.3 is 14.7 Å². The number of likely N-dealkylation sites (N-methyl/N-ethyl adjacent to an activating group) is 1. The highest BCUT2D eigenvalue weighted by atomic mass is 79.9. The Labute approximate surface area is 81.4 Å². The first-order valence-corrected chi connectivity index (χ1v) is 4.36. The molecule has 0 saturated heterocycles. The van der Waals surface area contributed by atoms with Gasteiger partial charge in [0.1, 0.15) is 0 Å². The minimum absolute atomic E-state index is 0.505. The molecule has 0 spiro atoms. The average Bonchev–Trinajstić information content (AvgIpc) is 2.12. The number of rotatable bonds is 4. The first-order valence-electron chi connectivity index (χ1n) is 3.45. The van der Waals surface area contributed by atoms with Crippen molar-refractivity contribution in [2.45, 2.75) is 13.2 Å². The lowest BCUT2D eigenvalue weighted by molar-refractivity contribution is -0.0569. The molecule has 0 radical (unpaired) electrons.